The number of carbonyl (C=O) groups is 2. The Bertz CT molecular complexity index is 1730. The van der Waals surface area contributed by atoms with Crippen LogP contribution in [0.25, 0.3) is 0 Å². The van der Waals surface area contributed by atoms with E-state index in [1.54, 1.807) is 32.1 Å². The van der Waals surface area contributed by atoms with Crippen LogP contribution < -0.4 is 16.3 Å². The molecule has 3 aromatic rings. The Balaban J connectivity index is 1.64. The van der Waals surface area contributed by atoms with Crippen LogP contribution in [0.1, 0.15) is 35.1 Å². The number of fused-ring (bicyclic) bond motifs is 4. The van der Waals surface area contributed by atoms with E-state index in [1.807, 2.05) is 0 Å². The monoisotopic (exact) mass is 572 g/mol. The molecule has 12 heteroatoms. The summed E-state index contributed by atoms with van der Waals surface area (Å²) in [6, 6.07) is 7.30. The number of allylic oxidation sites excluding steroid dienone is 2. The normalized spacial score (nSPS) is 27.7. The van der Waals surface area contributed by atoms with Crippen molar-refractivity contribution in [3.05, 3.63) is 91.5 Å². The van der Waals surface area contributed by atoms with Gasteiger partial charge in [0.05, 0.1) is 18.3 Å². The fourth-order valence-electron chi connectivity index (χ4n) is 6.30. The van der Waals surface area contributed by atoms with Crippen LogP contribution in [0.15, 0.2) is 57.6 Å². The lowest BCUT2D eigenvalue weighted by Gasteiger charge is -2.49. The molecule has 1 N–H and O–H groups in total. The molecule has 2 amide bonds. The van der Waals surface area contributed by atoms with Crippen molar-refractivity contribution < 1.29 is 19.1 Å². The van der Waals surface area contributed by atoms with Crippen molar-refractivity contribution in [3.63, 3.8) is 0 Å². The number of halogens is 3. The minimum atomic E-state index is -2.04. The molecule has 2 aliphatic heterocycles. The van der Waals surface area contributed by atoms with Gasteiger partial charge in [0.1, 0.15) is 11.6 Å². The second-order valence-electron chi connectivity index (χ2n) is 10.3. The summed E-state index contributed by atoms with van der Waals surface area (Å²) < 4.78 is 17.2. The lowest BCUT2D eigenvalue weighted by Crippen LogP contribution is -2.59. The molecule has 202 valence electrons. The fourth-order valence-corrected chi connectivity index (χ4v) is 7.21. The summed E-state index contributed by atoms with van der Waals surface area (Å²) in [6.45, 7) is 3.43. The van der Waals surface area contributed by atoms with Gasteiger partial charge in [0.15, 0.2) is 9.75 Å². The minimum Gasteiger partial charge on any atom is -0.507 e. The number of anilines is 1. The second-order valence-corrected chi connectivity index (χ2v) is 11.6. The van der Waals surface area contributed by atoms with Crippen molar-refractivity contribution in [2.24, 2.45) is 7.05 Å². The van der Waals surface area contributed by atoms with Crippen molar-refractivity contribution in [1.29, 1.82) is 0 Å². The van der Waals surface area contributed by atoms with Gasteiger partial charge in [-0.25, -0.2) is 32.8 Å². The minimum absolute atomic E-state index is 0.0410. The maximum absolute atomic E-state index is 14.2. The highest BCUT2D eigenvalue weighted by Gasteiger charge is 2.75. The van der Waals surface area contributed by atoms with Gasteiger partial charge in [-0.2, -0.15) is 0 Å². The maximum Gasteiger partial charge on any atom is 0.347 e. The first-order valence-electron chi connectivity index (χ1n) is 12.2. The van der Waals surface area contributed by atoms with E-state index in [0.29, 0.717) is 22.3 Å². The number of amides is 2. The van der Waals surface area contributed by atoms with Crippen LogP contribution in [-0.2, 0) is 23.2 Å². The third-order valence-electron chi connectivity index (χ3n) is 8.20. The molecule has 4 atom stereocenters. The van der Waals surface area contributed by atoms with Crippen LogP contribution in [-0.4, -0.2) is 40.6 Å². The first-order chi connectivity index (χ1) is 18.3. The van der Waals surface area contributed by atoms with Gasteiger partial charge in [0.25, 0.3) is 11.8 Å². The van der Waals surface area contributed by atoms with Crippen LogP contribution in [0.5, 0.6) is 5.75 Å². The lowest BCUT2D eigenvalue weighted by atomic mass is 9.64. The van der Waals surface area contributed by atoms with Crippen molar-refractivity contribution in [3.8, 4) is 5.75 Å². The second kappa shape index (κ2) is 8.19. The van der Waals surface area contributed by atoms with Crippen LogP contribution in [0.2, 0.25) is 0 Å². The average molecular weight is 573 g/mol. The third kappa shape index (κ3) is 3.12. The number of imide groups is 1. The number of hydrogen-bond donors (Lipinski definition) is 1. The van der Waals surface area contributed by atoms with Crippen LogP contribution in [0.4, 0.5) is 10.1 Å². The van der Waals surface area contributed by atoms with Gasteiger partial charge in [-0.15, -0.1) is 23.2 Å². The molecule has 3 aliphatic rings. The molecule has 1 aliphatic carbocycles. The van der Waals surface area contributed by atoms with Gasteiger partial charge in [-0.1, -0.05) is 18.2 Å². The molecule has 6 rings (SSSR count). The molecule has 2 aromatic carbocycles. The van der Waals surface area contributed by atoms with Gasteiger partial charge >= 0.3 is 11.4 Å². The number of aromatic hydroxyl groups is 1. The standard InChI is InChI=1S/C27H23Cl2FN4O5/c1-13-10-15(11-14(2)21(13)35)20-18-8-9-32-24(38)31(3)25(39)34(32)19(18)12-26(28)22(36)33(23(37)27(20,26)29)17-6-4-16(30)5-7-17/h4-8,10-11,19-20,35H,9,12H2,1-3H3/t19-,20+,26-,27+/m1/s1. The molecule has 1 saturated carbocycles. The van der Waals surface area contributed by atoms with Crippen molar-refractivity contribution >= 4 is 40.7 Å². The Kier molecular flexibility index (Phi) is 5.38. The number of benzene rings is 2. The molecular weight excluding hydrogens is 550 g/mol. The number of rotatable bonds is 2. The number of alkyl halides is 2. The molecule has 2 fully saturated rings. The molecule has 0 radical (unpaired) electrons. The van der Waals surface area contributed by atoms with Gasteiger partial charge < -0.3 is 5.11 Å². The van der Waals surface area contributed by atoms with E-state index in [9.17, 15) is 28.7 Å². The molecule has 3 heterocycles. The Morgan fingerprint density at radius 3 is 2.21 bits per heavy atom. The maximum atomic E-state index is 14.2. The first-order valence-corrected chi connectivity index (χ1v) is 13.0. The Morgan fingerprint density at radius 1 is 0.974 bits per heavy atom. The molecular formula is C27H23Cl2FN4O5. The molecule has 1 saturated heterocycles. The number of hydrogen-bond acceptors (Lipinski definition) is 5. The van der Waals surface area contributed by atoms with E-state index in [1.165, 1.54) is 28.5 Å². The molecule has 0 spiro atoms. The summed E-state index contributed by atoms with van der Waals surface area (Å²) in [5.74, 6) is -3.09. The zero-order chi connectivity index (χ0) is 28.2. The van der Waals surface area contributed by atoms with Crippen LogP contribution >= 0.6 is 23.2 Å². The third-order valence-corrected chi connectivity index (χ3v) is 9.61. The molecule has 39 heavy (non-hydrogen) atoms. The van der Waals surface area contributed by atoms with Crippen LogP contribution in [0, 0.1) is 19.7 Å². The zero-order valence-corrected chi connectivity index (χ0v) is 22.6. The zero-order valence-electron chi connectivity index (χ0n) is 21.1. The van der Waals surface area contributed by atoms with E-state index in [4.69, 9.17) is 23.2 Å². The van der Waals surface area contributed by atoms with Gasteiger partial charge in [-0.05, 0) is 60.4 Å². The average Bonchev–Trinajstić information content (AvgIpc) is 3.20. The van der Waals surface area contributed by atoms with E-state index in [-0.39, 0.29) is 24.4 Å². The molecule has 0 bridgehead atoms. The number of phenolic OH excluding ortho intramolecular Hbond substituents is 1. The van der Waals surface area contributed by atoms with E-state index in [2.05, 4.69) is 0 Å². The summed E-state index contributed by atoms with van der Waals surface area (Å²) in [7, 11) is 1.36. The smallest absolute Gasteiger partial charge is 0.347 e. The summed E-state index contributed by atoms with van der Waals surface area (Å²) in [6.07, 6.45) is 1.49. The van der Waals surface area contributed by atoms with Crippen molar-refractivity contribution in [1.82, 2.24) is 13.9 Å². The number of phenols is 1. The number of carbonyl (C=O) groups excluding carboxylic acids is 2. The fraction of sp³-hybridized carbons (Fsp3) is 0.333. The predicted molar refractivity (Wildman–Crippen MR) is 142 cm³/mol. The van der Waals surface area contributed by atoms with Gasteiger partial charge in [0.2, 0.25) is 0 Å². The topological polar surface area (TPSA) is 107 Å². The number of nitrogens with zero attached hydrogens (tertiary/aromatic N) is 4. The summed E-state index contributed by atoms with van der Waals surface area (Å²) >= 11 is 14.5. The Labute approximate surface area is 231 Å². The number of aryl methyl sites for hydroxylation is 2. The Hall–Kier alpha value is -3.63. The lowest BCUT2D eigenvalue weighted by molar-refractivity contribution is -0.122. The van der Waals surface area contributed by atoms with E-state index >= 15 is 0 Å². The van der Waals surface area contributed by atoms with Crippen LogP contribution in [0.3, 0.4) is 0 Å². The molecule has 1 aromatic heterocycles. The predicted octanol–water partition coefficient (Wildman–Crippen LogP) is 3.01. The highest BCUT2D eigenvalue weighted by Crippen LogP contribution is 2.64. The highest BCUT2D eigenvalue weighted by molar-refractivity contribution is 6.58. The van der Waals surface area contributed by atoms with Crippen molar-refractivity contribution in [2.75, 3.05) is 4.90 Å². The van der Waals surface area contributed by atoms with Crippen molar-refractivity contribution in [2.45, 2.75) is 48.5 Å². The first kappa shape index (κ1) is 25.6. The van der Waals surface area contributed by atoms with E-state index in [0.717, 1.165) is 21.6 Å². The number of aromatic nitrogens is 3. The summed E-state index contributed by atoms with van der Waals surface area (Å²) in [5, 5.41) is 10.5. The molecule has 0 unspecified atom stereocenters. The molecule has 9 nitrogen and oxygen atoms in total. The van der Waals surface area contributed by atoms with E-state index < -0.39 is 50.7 Å². The van der Waals surface area contributed by atoms with Gasteiger partial charge in [-0.3, -0.25) is 9.59 Å². The highest BCUT2D eigenvalue weighted by atomic mass is 35.5. The van der Waals surface area contributed by atoms with Gasteiger partial charge in [0, 0.05) is 19.4 Å². The SMILES string of the molecule is Cc1cc([C@H]2C3=CCn4c(=O)n(C)c(=O)n4[C@@H]3C[C@@]3(Cl)C(=O)N(c4ccc(F)cc4)C(=O)[C@@]23Cl)cc(C)c1O. The quantitative estimate of drug-likeness (QED) is 0.288. The largest absolute Gasteiger partial charge is 0.507 e. The summed E-state index contributed by atoms with van der Waals surface area (Å²) in [4.78, 5) is 51.0. The summed E-state index contributed by atoms with van der Waals surface area (Å²) in [5.41, 5.74) is 1.08. The Morgan fingerprint density at radius 2 is 1.59 bits per heavy atom.